The molecule has 2 aromatic carbocycles. The van der Waals surface area contributed by atoms with E-state index in [0.717, 1.165) is 15.6 Å². The average Bonchev–Trinajstić information content (AvgIpc) is 2.97. The number of phenols is 1. The van der Waals surface area contributed by atoms with Crippen molar-refractivity contribution in [1.82, 2.24) is 14.9 Å². The molecule has 3 rings (SSSR count). The standard InChI is InChI=1S/C17H15BrN4O2S/c1-2-24-15-9-11(3-8-14(15)23)10-19-22-16(20-21-17(22)25)12-4-6-13(18)7-5-12/h3-10,23H,2H2,1H3,(H,21,25)/b19-10+. The summed E-state index contributed by atoms with van der Waals surface area (Å²) in [5, 5.41) is 21.2. The molecule has 1 aromatic heterocycles. The van der Waals surface area contributed by atoms with Crippen LogP contribution >= 0.6 is 28.1 Å². The Kier molecular flexibility index (Phi) is 5.30. The van der Waals surface area contributed by atoms with Crippen molar-refractivity contribution < 1.29 is 9.84 Å². The highest BCUT2D eigenvalue weighted by molar-refractivity contribution is 9.10. The normalized spacial score (nSPS) is 11.1. The fourth-order valence-corrected chi connectivity index (χ4v) is 2.63. The highest BCUT2D eigenvalue weighted by Gasteiger charge is 2.08. The molecule has 128 valence electrons. The van der Waals surface area contributed by atoms with Crippen LogP contribution in [0.4, 0.5) is 0 Å². The second-order valence-corrected chi connectivity index (χ2v) is 6.38. The first kappa shape index (κ1) is 17.4. The van der Waals surface area contributed by atoms with Crippen LogP contribution in [-0.2, 0) is 0 Å². The third-order valence-corrected chi connectivity index (χ3v) is 4.15. The van der Waals surface area contributed by atoms with E-state index in [0.29, 0.717) is 23.0 Å². The van der Waals surface area contributed by atoms with Gasteiger partial charge in [-0.1, -0.05) is 28.1 Å². The largest absolute Gasteiger partial charge is 0.504 e. The third kappa shape index (κ3) is 3.97. The van der Waals surface area contributed by atoms with Crippen LogP contribution in [0.3, 0.4) is 0 Å². The van der Waals surface area contributed by atoms with Crippen LogP contribution in [-0.4, -0.2) is 32.8 Å². The first-order valence-corrected chi connectivity index (χ1v) is 8.72. The number of aromatic amines is 1. The van der Waals surface area contributed by atoms with E-state index in [4.69, 9.17) is 17.0 Å². The number of phenolic OH excluding ortho intramolecular Hbond substituents is 1. The average molecular weight is 419 g/mol. The van der Waals surface area contributed by atoms with Gasteiger partial charge in [-0.25, -0.2) is 5.10 Å². The number of nitrogens with one attached hydrogen (secondary N) is 1. The van der Waals surface area contributed by atoms with E-state index >= 15 is 0 Å². The third-order valence-electron chi connectivity index (χ3n) is 3.36. The summed E-state index contributed by atoms with van der Waals surface area (Å²) in [4.78, 5) is 0. The summed E-state index contributed by atoms with van der Waals surface area (Å²) in [6, 6.07) is 12.7. The Bertz CT molecular complexity index is 964. The maximum absolute atomic E-state index is 9.77. The van der Waals surface area contributed by atoms with Gasteiger partial charge in [-0.05, 0) is 55.0 Å². The Morgan fingerprint density at radius 3 is 2.80 bits per heavy atom. The number of hydrogen-bond donors (Lipinski definition) is 2. The lowest BCUT2D eigenvalue weighted by Gasteiger charge is -2.06. The molecule has 25 heavy (non-hydrogen) atoms. The number of halogens is 1. The van der Waals surface area contributed by atoms with Gasteiger partial charge in [0, 0.05) is 10.0 Å². The molecule has 0 aliphatic rings. The molecule has 0 aliphatic heterocycles. The lowest BCUT2D eigenvalue weighted by atomic mass is 10.2. The minimum atomic E-state index is 0.0921. The van der Waals surface area contributed by atoms with Gasteiger partial charge in [0.1, 0.15) is 0 Å². The van der Waals surface area contributed by atoms with Crippen molar-refractivity contribution in [2.75, 3.05) is 6.61 Å². The summed E-state index contributed by atoms with van der Waals surface area (Å²) in [6.07, 6.45) is 1.63. The topological polar surface area (TPSA) is 75.4 Å². The number of aromatic nitrogens is 3. The predicted octanol–water partition coefficient (Wildman–Crippen LogP) is 4.36. The smallest absolute Gasteiger partial charge is 0.216 e. The molecule has 0 saturated carbocycles. The molecular formula is C17H15BrN4O2S. The monoisotopic (exact) mass is 418 g/mol. The molecule has 0 atom stereocenters. The maximum Gasteiger partial charge on any atom is 0.216 e. The Balaban J connectivity index is 1.94. The van der Waals surface area contributed by atoms with Crippen LogP contribution < -0.4 is 4.74 Å². The van der Waals surface area contributed by atoms with Crippen molar-refractivity contribution in [3.05, 3.63) is 57.3 Å². The Hall–Kier alpha value is -2.45. The van der Waals surface area contributed by atoms with Crippen molar-refractivity contribution in [1.29, 1.82) is 0 Å². The first-order valence-electron chi connectivity index (χ1n) is 7.52. The van der Waals surface area contributed by atoms with Gasteiger partial charge in [0.15, 0.2) is 17.3 Å². The van der Waals surface area contributed by atoms with Crippen LogP contribution in [0, 0.1) is 4.77 Å². The molecule has 0 spiro atoms. The molecule has 0 aliphatic carbocycles. The molecule has 0 unspecified atom stereocenters. The Morgan fingerprint density at radius 1 is 1.32 bits per heavy atom. The number of H-pyrrole nitrogens is 1. The van der Waals surface area contributed by atoms with Gasteiger partial charge in [0.2, 0.25) is 4.77 Å². The molecule has 1 heterocycles. The zero-order valence-corrected chi connectivity index (χ0v) is 15.7. The number of benzene rings is 2. The van der Waals surface area contributed by atoms with Crippen LogP contribution in [0.1, 0.15) is 12.5 Å². The molecule has 0 radical (unpaired) electrons. The molecule has 6 nitrogen and oxygen atoms in total. The van der Waals surface area contributed by atoms with Gasteiger partial charge in [-0.3, -0.25) is 0 Å². The molecular weight excluding hydrogens is 404 g/mol. The van der Waals surface area contributed by atoms with E-state index in [1.807, 2.05) is 31.2 Å². The quantitative estimate of drug-likeness (QED) is 0.476. The predicted molar refractivity (Wildman–Crippen MR) is 103 cm³/mol. The van der Waals surface area contributed by atoms with Crippen molar-refractivity contribution in [2.45, 2.75) is 6.92 Å². The van der Waals surface area contributed by atoms with E-state index in [9.17, 15) is 5.11 Å². The highest BCUT2D eigenvalue weighted by atomic mass is 79.9. The highest BCUT2D eigenvalue weighted by Crippen LogP contribution is 2.26. The Morgan fingerprint density at radius 2 is 2.08 bits per heavy atom. The second kappa shape index (κ2) is 7.62. The van der Waals surface area contributed by atoms with Gasteiger partial charge in [0.05, 0.1) is 12.8 Å². The maximum atomic E-state index is 9.77. The Labute approximate surface area is 157 Å². The molecule has 0 saturated heterocycles. The summed E-state index contributed by atoms with van der Waals surface area (Å²) < 4.78 is 8.29. The summed E-state index contributed by atoms with van der Waals surface area (Å²) in [6.45, 7) is 2.32. The molecule has 0 amide bonds. The number of aromatic hydroxyl groups is 1. The number of hydrogen-bond acceptors (Lipinski definition) is 5. The summed E-state index contributed by atoms with van der Waals surface area (Å²) in [7, 11) is 0. The summed E-state index contributed by atoms with van der Waals surface area (Å²) in [5.74, 6) is 1.11. The molecule has 0 bridgehead atoms. The van der Waals surface area contributed by atoms with Gasteiger partial charge in [0.25, 0.3) is 0 Å². The van der Waals surface area contributed by atoms with Crippen molar-refractivity contribution in [3.8, 4) is 22.9 Å². The number of ether oxygens (including phenoxy) is 1. The van der Waals surface area contributed by atoms with Crippen molar-refractivity contribution >= 4 is 34.4 Å². The van der Waals surface area contributed by atoms with Gasteiger partial charge < -0.3 is 9.84 Å². The zero-order chi connectivity index (χ0) is 17.8. The number of nitrogens with zero attached hydrogens (tertiary/aromatic N) is 3. The zero-order valence-electron chi connectivity index (χ0n) is 13.3. The lowest BCUT2D eigenvalue weighted by molar-refractivity contribution is 0.318. The molecule has 2 N–H and O–H groups in total. The first-order chi connectivity index (χ1) is 12.1. The minimum Gasteiger partial charge on any atom is -0.504 e. The summed E-state index contributed by atoms with van der Waals surface area (Å²) in [5.41, 5.74) is 1.65. The van der Waals surface area contributed by atoms with E-state index in [2.05, 4.69) is 31.2 Å². The molecule has 3 aromatic rings. The fourth-order valence-electron chi connectivity index (χ4n) is 2.19. The van der Waals surface area contributed by atoms with E-state index in [-0.39, 0.29) is 5.75 Å². The van der Waals surface area contributed by atoms with Crippen LogP contribution in [0.15, 0.2) is 52.0 Å². The van der Waals surface area contributed by atoms with E-state index in [1.54, 1.807) is 29.1 Å². The second-order valence-electron chi connectivity index (χ2n) is 5.08. The van der Waals surface area contributed by atoms with Crippen molar-refractivity contribution in [3.63, 3.8) is 0 Å². The van der Waals surface area contributed by atoms with E-state index < -0.39 is 0 Å². The minimum absolute atomic E-state index is 0.0921. The van der Waals surface area contributed by atoms with Crippen LogP contribution in [0.25, 0.3) is 11.4 Å². The summed E-state index contributed by atoms with van der Waals surface area (Å²) >= 11 is 8.67. The fraction of sp³-hybridized carbons (Fsp3) is 0.118. The van der Waals surface area contributed by atoms with Gasteiger partial charge >= 0.3 is 0 Å². The lowest BCUT2D eigenvalue weighted by Crippen LogP contribution is -1.96. The van der Waals surface area contributed by atoms with Gasteiger partial charge in [-0.15, -0.1) is 0 Å². The SMILES string of the molecule is CCOc1cc(/C=N/n2c(-c3ccc(Br)cc3)n[nH]c2=S)ccc1O. The van der Waals surface area contributed by atoms with Gasteiger partial charge in [-0.2, -0.15) is 14.9 Å². The molecule has 0 fully saturated rings. The van der Waals surface area contributed by atoms with Crippen LogP contribution in [0.5, 0.6) is 11.5 Å². The molecule has 8 heteroatoms. The van der Waals surface area contributed by atoms with Crippen molar-refractivity contribution in [2.24, 2.45) is 5.10 Å². The number of rotatable bonds is 5. The van der Waals surface area contributed by atoms with E-state index in [1.165, 1.54) is 0 Å². The van der Waals surface area contributed by atoms with Crippen LogP contribution in [0.2, 0.25) is 0 Å².